The predicted octanol–water partition coefficient (Wildman–Crippen LogP) is 11.9. The summed E-state index contributed by atoms with van der Waals surface area (Å²) in [6.45, 7) is 6.40. The summed E-state index contributed by atoms with van der Waals surface area (Å²) in [5, 5.41) is 0. The summed E-state index contributed by atoms with van der Waals surface area (Å²) in [7, 11) is 0. The van der Waals surface area contributed by atoms with Crippen molar-refractivity contribution in [2.24, 2.45) is 0 Å². The van der Waals surface area contributed by atoms with Gasteiger partial charge in [-0.1, -0.05) is 141 Å². The molecule has 272 valence electrons. The second-order valence-electron chi connectivity index (χ2n) is 12.8. The van der Waals surface area contributed by atoms with Crippen LogP contribution in [0.2, 0.25) is 0 Å². The van der Waals surface area contributed by atoms with Gasteiger partial charge in [-0.2, -0.15) is 0 Å². The van der Waals surface area contributed by atoms with Gasteiger partial charge in [-0.15, -0.1) is 0 Å². The molecule has 0 aromatic rings. The molecule has 0 heterocycles. The molecule has 6 nitrogen and oxygen atoms in total. The highest BCUT2D eigenvalue weighted by Gasteiger charge is 2.19. The molecule has 0 rings (SSSR count). The largest absolute Gasteiger partial charge is 0.462 e. The molecule has 0 N–H and O–H groups in total. The van der Waals surface area contributed by atoms with Gasteiger partial charge in [-0.25, -0.2) is 0 Å². The average molecular weight is 661 g/mol. The first-order valence-corrected chi connectivity index (χ1v) is 19.5. The van der Waals surface area contributed by atoms with Gasteiger partial charge >= 0.3 is 17.9 Å². The fourth-order valence-electron chi connectivity index (χ4n) is 5.10. The second kappa shape index (κ2) is 36.5. The number of hydrogen-bond acceptors (Lipinski definition) is 6. The smallest absolute Gasteiger partial charge is 0.306 e. The van der Waals surface area contributed by atoms with E-state index < -0.39 is 6.10 Å². The zero-order valence-corrected chi connectivity index (χ0v) is 30.8. The zero-order valence-electron chi connectivity index (χ0n) is 30.8. The molecule has 0 aliphatic rings. The van der Waals surface area contributed by atoms with Crippen molar-refractivity contribution < 1.29 is 28.6 Å². The monoisotopic (exact) mass is 661 g/mol. The third-order valence-electron chi connectivity index (χ3n) is 8.10. The topological polar surface area (TPSA) is 78.9 Å². The quantitative estimate of drug-likeness (QED) is 0.0296. The Hall–Kier alpha value is -2.37. The van der Waals surface area contributed by atoms with Crippen molar-refractivity contribution in [2.45, 2.75) is 194 Å². The number of carbonyl (C=O) groups excluding carboxylic acids is 3. The molecule has 0 radical (unpaired) electrons. The van der Waals surface area contributed by atoms with Gasteiger partial charge in [0.2, 0.25) is 0 Å². The molecular weight excluding hydrogens is 588 g/mol. The molecule has 1 atom stereocenters. The Bertz CT molecular complexity index is 815. The molecule has 0 fully saturated rings. The molecule has 1 unspecified atom stereocenters. The van der Waals surface area contributed by atoms with Crippen molar-refractivity contribution in [3.05, 3.63) is 36.5 Å². The first-order chi connectivity index (χ1) is 23.0. The third-order valence-corrected chi connectivity index (χ3v) is 8.10. The molecule has 0 amide bonds. The number of unbranched alkanes of at least 4 members (excludes halogenated alkanes) is 17. The van der Waals surface area contributed by atoms with Crippen molar-refractivity contribution in [1.82, 2.24) is 0 Å². The highest BCUT2D eigenvalue weighted by Crippen LogP contribution is 2.12. The van der Waals surface area contributed by atoms with Crippen LogP contribution in [0.4, 0.5) is 0 Å². The Balaban J connectivity index is 4.31. The molecule has 0 aliphatic carbocycles. The van der Waals surface area contributed by atoms with Crippen LogP contribution < -0.4 is 0 Å². The maximum atomic E-state index is 12.6. The minimum atomic E-state index is -0.773. The lowest BCUT2D eigenvalue weighted by Gasteiger charge is -2.18. The summed E-state index contributed by atoms with van der Waals surface area (Å²) in [6, 6.07) is 0. The van der Waals surface area contributed by atoms with Crippen molar-refractivity contribution in [3.8, 4) is 0 Å². The number of rotatable bonds is 34. The Morgan fingerprint density at radius 3 is 1.34 bits per heavy atom. The average Bonchev–Trinajstić information content (AvgIpc) is 3.06. The maximum Gasteiger partial charge on any atom is 0.306 e. The van der Waals surface area contributed by atoms with E-state index in [4.69, 9.17) is 14.2 Å². The lowest BCUT2D eigenvalue weighted by atomic mass is 10.1. The van der Waals surface area contributed by atoms with E-state index in [1.807, 2.05) is 0 Å². The number of carbonyl (C=O) groups is 3. The highest BCUT2D eigenvalue weighted by molar-refractivity contribution is 5.71. The van der Waals surface area contributed by atoms with Gasteiger partial charge in [0.15, 0.2) is 6.10 Å². The van der Waals surface area contributed by atoms with E-state index in [1.54, 1.807) is 0 Å². The van der Waals surface area contributed by atoms with E-state index in [-0.39, 0.29) is 31.1 Å². The van der Waals surface area contributed by atoms with Gasteiger partial charge < -0.3 is 14.2 Å². The number of allylic oxidation sites excluding steroid dienone is 6. The number of ether oxygens (including phenoxy) is 3. The first kappa shape index (κ1) is 44.6. The summed E-state index contributed by atoms with van der Waals surface area (Å²) < 4.78 is 16.5. The zero-order chi connectivity index (χ0) is 34.5. The maximum absolute atomic E-state index is 12.6. The van der Waals surface area contributed by atoms with Gasteiger partial charge in [0, 0.05) is 19.3 Å². The van der Waals surface area contributed by atoms with Crippen LogP contribution in [-0.4, -0.2) is 37.2 Å². The van der Waals surface area contributed by atoms with E-state index in [2.05, 4.69) is 57.2 Å². The predicted molar refractivity (Wildman–Crippen MR) is 196 cm³/mol. The number of hydrogen-bond donors (Lipinski definition) is 0. The van der Waals surface area contributed by atoms with Crippen LogP contribution in [-0.2, 0) is 28.6 Å². The fraction of sp³-hybridized carbons (Fsp3) is 0.780. The molecular formula is C41H72O6. The molecule has 0 saturated heterocycles. The molecule has 0 aromatic heterocycles. The summed E-state index contributed by atoms with van der Waals surface area (Å²) in [6.07, 6.45) is 38.7. The van der Waals surface area contributed by atoms with Gasteiger partial charge in [-0.3, -0.25) is 14.4 Å². The Kier molecular flexibility index (Phi) is 34.6. The Labute approximate surface area is 289 Å². The SMILES string of the molecule is CCC/C=C\CCCCCCCC(=O)OC(COC(=O)CCCCCCC)COC(=O)CCCCCCC/C=C\C/C=C\CCCC. The van der Waals surface area contributed by atoms with Gasteiger partial charge in [-0.05, 0) is 64.2 Å². The minimum absolute atomic E-state index is 0.0814. The van der Waals surface area contributed by atoms with Crippen LogP contribution in [0.25, 0.3) is 0 Å². The van der Waals surface area contributed by atoms with Gasteiger partial charge in [0.25, 0.3) is 0 Å². The molecule has 6 heteroatoms. The van der Waals surface area contributed by atoms with Crippen LogP contribution >= 0.6 is 0 Å². The van der Waals surface area contributed by atoms with Gasteiger partial charge in [0.05, 0.1) is 0 Å². The van der Waals surface area contributed by atoms with Crippen molar-refractivity contribution in [3.63, 3.8) is 0 Å². The van der Waals surface area contributed by atoms with E-state index in [1.165, 1.54) is 44.9 Å². The first-order valence-electron chi connectivity index (χ1n) is 19.5. The highest BCUT2D eigenvalue weighted by atomic mass is 16.6. The molecule has 0 bridgehead atoms. The summed E-state index contributed by atoms with van der Waals surface area (Å²) in [4.78, 5) is 37.2. The van der Waals surface area contributed by atoms with E-state index >= 15 is 0 Å². The summed E-state index contributed by atoms with van der Waals surface area (Å²) in [5.41, 5.74) is 0. The Morgan fingerprint density at radius 2 is 0.830 bits per heavy atom. The van der Waals surface area contributed by atoms with Crippen LogP contribution in [0.3, 0.4) is 0 Å². The summed E-state index contributed by atoms with van der Waals surface area (Å²) >= 11 is 0. The number of esters is 3. The molecule has 0 saturated carbocycles. The Morgan fingerprint density at radius 1 is 0.426 bits per heavy atom. The van der Waals surface area contributed by atoms with Gasteiger partial charge in [0.1, 0.15) is 13.2 Å². The minimum Gasteiger partial charge on any atom is -0.462 e. The lowest BCUT2D eigenvalue weighted by Crippen LogP contribution is -2.30. The van der Waals surface area contributed by atoms with Crippen LogP contribution in [0, 0.1) is 0 Å². The lowest BCUT2D eigenvalue weighted by molar-refractivity contribution is -0.167. The van der Waals surface area contributed by atoms with E-state index in [9.17, 15) is 14.4 Å². The summed E-state index contributed by atoms with van der Waals surface area (Å²) in [5.74, 6) is -0.927. The van der Waals surface area contributed by atoms with Crippen LogP contribution in [0.1, 0.15) is 188 Å². The second-order valence-corrected chi connectivity index (χ2v) is 12.8. The molecule has 47 heavy (non-hydrogen) atoms. The van der Waals surface area contributed by atoms with Crippen LogP contribution in [0.15, 0.2) is 36.5 Å². The normalized spacial score (nSPS) is 12.3. The molecule has 0 aliphatic heterocycles. The standard InChI is InChI=1S/C41H72O6/c1-4-7-10-13-15-17-19-20-21-22-24-25-28-31-34-40(43)46-37-38(36-45-39(42)33-30-27-12-9-6-3)47-41(44)35-32-29-26-23-18-16-14-11-8-5-2/h11,13-15,19-20,38H,4-10,12,16-18,21-37H2,1-3H3/b14-11-,15-13-,20-19-. The third kappa shape index (κ3) is 34.8. The van der Waals surface area contributed by atoms with Crippen molar-refractivity contribution in [2.75, 3.05) is 13.2 Å². The van der Waals surface area contributed by atoms with Crippen molar-refractivity contribution in [1.29, 1.82) is 0 Å². The van der Waals surface area contributed by atoms with Crippen molar-refractivity contribution >= 4 is 17.9 Å². The molecule has 0 spiro atoms. The van der Waals surface area contributed by atoms with Crippen LogP contribution in [0.5, 0.6) is 0 Å². The molecule has 0 aromatic carbocycles. The van der Waals surface area contributed by atoms with E-state index in [0.29, 0.717) is 19.3 Å². The fourth-order valence-corrected chi connectivity index (χ4v) is 5.10. The van der Waals surface area contributed by atoms with E-state index in [0.717, 1.165) is 103 Å².